The third-order valence-electron chi connectivity index (χ3n) is 3.95. The Labute approximate surface area is 117 Å². The van der Waals surface area contributed by atoms with Crippen LogP contribution in [0.1, 0.15) is 24.1 Å². The Morgan fingerprint density at radius 3 is 2.75 bits per heavy atom. The van der Waals surface area contributed by atoms with Crippen molar-refractivity contribution in [3.05, 3.63) is 39.4 Å². The quantitative estimate of drug-likeness (QED) is 0.610. The monoisotopic (exact) mass is 280 g/mol. The van der Waals surface area contributed by atoms with Gasteiger partial charge in [-0.3, -0.25) is 10.1 Å². The van der Waals surface area contributed by atoms with E-state index in [-0.39, 0.29) is 28.7 Å². The summed E-state index contributed by atoms with van der Waals surface area (Å²) < 4.78 is 5.15. The van der Waals surface area contributed by atoms with E-state index in [0.29, 0.717) is 25.3 Å². The molecule has 1 fully saturated rings. The summed E-state index contributed by atoms with van der Waals surface area (Å²) >= 11 is 0. The van der Waals surface area contributed by atoms with Gasteiger partial charge in [0.05, 0.1) is 30.2 Å². The van der Waals surface area contributed by atoms with Gasteiger partial charge < -0.3 is 15.2 Å². The molecule has 1 aromatic carbocycles. The second-order valence-electron chi connectivity index (χ2n) is 5.50. The smallest absolute Gasteiger partial charge is 0.272 e. The van der Waals surface area contributed by atoms with Gasteiger partial charge in [-0.1, -0.05) is 12.1 Å². The van der Waals surface area contributed by atoms with Crippen LogP contribution in [0.5, 0.6) is 0 Å². The summed E-state index contributed by atoms with van der Waals surface area (Å²) in [6.45, 7) is 5.55. The number of benzene rings is 1. The van der Waals surface area contributed by atoms with Gasteiger partial charge in [-0.15, -0.1) is 0 Å². The molecule has 0 aliphatic carbocycles. The number of hydrogen-bond donors (Lipinski definition) is 2. The van der Waals surface area contributed by atoms with Crippen molar-refractivity contribution in [3.8, 4) is 0 Å². The zero-order valence-electron chi connectivity index (χ0n) is 11.8. The first-order chi connectivity index (χ1) is 9.49. The van der Waals surface area contributed by atoms with Crippen molar-refractivity contribution in [2.45, 2.75) is 19.9 Å². The fourth-order valence-corrected chi connectivity index (χ4v) is 2.43. The minimum atomic E-state index is -0.361. The normalized spacial score (nSPS) is 18.4. The standard InChI is InChI=1S/C14H20N2O4/c1-10-12(4-3-5-13(10)16(18)19)11(2)15-6-14(7-17)8-20-9-14/h3-5,11,15,17H,6-9H2,1-2H3. The molecule has 110 valence electrons. The van der Waals surface area contributed by atoms with Crippen molar-refractivity contribution in [2.75, 3.05) is 26.4 Å². The minimum absolute atomic E-state index is 0.0149. The number of aliphatic hydroxyl groups excluding tert-OH is 1. The first-order valence-electron chi connectivity index (χ1n) is 6.65. The highest BCUT2D eigenvalue weighted by atomic mass is 16.6. The molecule has 1 heterocycles. The number of hydrogen-bond acceptors (Lipinski definition) is 5. The highest BCUT2D eigenvalue weighted by Crippen LogP contribution is 2.29. The fourth-order valence-electron chi connectivity index (χ4n) is 2.43. The SMILES string of the molecule is Cc1c(C(C)NCC2(CO)COC2)cccc1[N+](=O)[O-]. The summed E-state index contributed by atoms with van der Waals surface area (Å²) in [6.07, 6.45) is 0. The lowest BCUT2D eigenvalue weighted by molar-refractivity contribution is -0.385. The van der Waals surface area contributed by atoms with Crippen LogP contribution in [0.25, 0.3) is 0 Å². The van der Waals surface area contributed by atoms with Gasteiger partial charge in [0, 0.05) is 24.2 Å². The van der Waals surface area contributed by atoms with Crippen LogP contribution in [-0.2, 0) is 4.74 Å². The van der Waals surface area contributed by atoms with Crippen molar-refractivity contribution < 1.29 is 14.8 Å². The van der Waals surface area contributed by atoms with Gasteiger partial charge >= 0.3 is 0 Å². The van der Waals surface area contributed by atoms with Crippen molar-refractivity contribution >= 4 is 5.69 Å². The van der Waals surface area contributed by atoms with Gasteiger partial charge in [0.15, 0.2) is 0 Å². The molecule has 0 radical (unpaired) electrons. The number of nitrogens with zero attached hydrogens (tertiary/aromatic N) is 1. The van der Waals surface area contributed by atoms with Gasteiger partial charge in [0.25, 0.3) is 5.69 Å². The summed E-state index contributed by atoms with van der Waals surface area (Å²) in [6, 6.07) is 5.09. The van der Waals surface area contributed by atoms with E-state index in [1.807, 2.05) is 13.0 Å². The van der Waals surface area contributed by atoms with Gasteiger partial charge in [0.2, 0.25) is 0 Å². The number of nitrogens with one attached hydrogen (secondary N) is 1. The van der Waals surface area contributed by atoms with Crippen molar-refractivity contribution in [1.82, 2.24) is 5.32 Å². The number of aliphatic hydroxyl groups is 1. The topological polar surface area (TPSA) is 84.6 Å². The summed E-state index contributed by atoms with van der Waals surface area (Å²) in [4.78, 5) is 10.6. The molecule has 1 atom stereocenters. The number of nitro benzene ring substituents is 1. The molecule has 0 aromatic heterocycles. The maximum Gasteiger partial charge on any atom is 0.272 e. The lowest BCUT2D eigenvalue weighted by atomic mass is 9.86. The molecule has 2 N–H and O–H groups in total. The van der Waals surface area contributed by atoms with E-state index in [2.05, 4.69) is 5.32 Å². The van der Waals surface area contributed by atoms with Gasteiger partial charge in [-0.05, 0) is 19.4 Å². The summed E-state index contributed by atoms with van der Waals surface area (Å²) in [7, 11) is 0. The number of nitro groups is 1. The van der Waals surface area contributed by atoms with Crippen LogP contribution < -0.4 is 5.32 Å². The first kappa shape index (κ1) is 14.9. The van der Waals surface area contributed by atoms with Crippen LogP contribution >= 0.6 is 0 Å². The zero-order chi connectivity index (χ0) is 14.8. The highest BCUT2D eigenvalue weighted by molar-refractivity contribution is 5.45. The van der Waals surface area contributed by atoms with E-state index >= 15 is 0 Å². The predicted molar refractivity (Wildman–Crippen MR) is 74.6 cm³/mol. The van der Waals surface area contributed by atoms with E-state index in [1.54, 1.807) is 13.0 Å². The molecule has 6 nitrogen and oxygen atoms in total. The third kappa shape index (κ3) is 2.82. The molecule has 1 unspecified atom stereocenters. The molecule has 1 saturated heterocycles. The fraction of sp³-hybridized carbons (Fsp3) is 0.571. The molecular formula is C14H20N2O4. The Morgan fingerprint density at radius 1 is 1.55 bits per heavy atom. The van der Waals surface area contributed by atoms with Gasteiger partial charge in [-0.25, -0.2) is 0 Å². The van der Waals surface area contributed by atoms with Crippen LogP contribution in [0, 0.1) is 22.5 Å². The van der Waals surface area contributed by atoms with Crippen LogP contribution in [0.2, 0.25) is 0 Å². The van der Waals surface area contributed by atoms with E-state index in [0.717, 1.165) is 5.56 Å². The minimum Gasteiger partial charge on any atom is -0.396 e. The van der Waals surface area contributed by atoms with E-state index in [4.69, 9.17) is 4.74 Å². The number of ether oxygens (including phenoxy) is 1. The largest absolute Gasteiger partial charge is 0.396 e. The average Bonchev–Trinajstić information content (AvgIpc) is 2.37. The van der Waals surface area contributed by atoms with E-state index in [1.165, 1.54) is 6.07 Å². The van der Waals surface area contributed by atoms with E-state index in [9.17, 15) is 15.2 Å². The van der Waals surface area contributed by atoms with Crippen LogP contribution in [0.4, 0.5) is 5.69 Å². The van der Waals surface area contributed by atoms with Crippen molar-refractivity contribution in [3.63, 3.8) is 0 Å². The van der Waals surface area contributed by atoms with Gasteiger partial charge in [-0.2, -0.15) is 0 Å². The Balaban J connectivity index is 2.07. The Morgan fingerprint density at radius 2 is 2.25 bits per heavy atom. The van der Waals surface area contributed by atoms with Crippen molar-refractivity contribution in [2.24, 2.45) is 5.41 Å². The van der Waals surface area contributed by atoms with E-state index < -0.39 is 0 Å². The number of rotatable bonds is 6. The maximum absolute atomic E-state index is 11.0. The molecule has 1 aliphatic rings. The molecule has 0 saturated carbocycles. The molecule has 2 rings (SSSR count). The highest BCUT2D eigenvalue weighted by Gasteiger charge is 2.38. The Kier molecular flexibility index (Phi) is 4.37. The molecule has 20 heavy (non-hydrogen) atoms. The average molecular weight is 280 g/mol. The Bertz CT molecular complexity index is 494. The second-order valence-corrected chi connectivity index (χ2v) is 5.50. The molecule has 0 bridgehead atoms. The Hall–Kier alpha value is -1.50. The summed E-state index contributed by atoms with van der Waals surface area (Å²) in [5.74, 6) is 0. The molecule has 0 amide bonds. The van der Waals surface area contributed by atoms with Crippen LogP contribution in [-0.4, -0.2) is 36.4 Å². The lowest BCUT2D eigenvalue weighted by Gasteiger charge is -2.40. The van der Waals surface area contributed by atoms with Crippen LogP contribution in [0.15, 0.2) is 18.2 Å². The van der Waals surface area contributed by atoms with Crippen LogP contribution in [0.3, 0.4) is 0 Å². The summed E-state index contributed by atoms with van der Waals surface area (Å²) in [5, 5.41) is 23.7. The molecular weight excluding hydrogens is 260 g/mol. The third-order valence-corrected chi connectivity index (χ3v) is 3.95. The molecule has 1 aromatic rings. The zero-order valence-corrected chi connectivity index (χ0v) is 11.8. The maximum atomic E-state index is 11.0. The summed E-state index contributed by atoms with van der Waals surface area (Å²) in [5.41, 5.74) is 1.52. The second kappa shape index (κ2) is 5.87. The molecule has 1 aliphatic heterocycles. The first-order valence-corrected chi connectivity index (χ1v) is 6.65. The lowest BCUT2D eigenvalue weighted by Crippen LogP contribution is -2.52. The predicted octanol–water partition coefficient (Wildman–Crippen LogP) is 1.56. The molecule has 6 heteroatoms. The van der Waals surface area contributed by atoms with Gasteiger partial charge in [0.1, 0.15) is 0 Å². The molecule has 0 spiro atoms. The van der Waals surface area contributed by atoms with Crippen molar-refractivity contribution in [1.29, 1.82) is 0 Å².